The van der Waals surface area contributed by atoms with Gasteiger partial charge in [-0.15, -0.1) is 0 Å². The van der Waals surface area contributed by atoms with Crippen molar-refractivity contribution in [3.05, 3.63) is 47.3 Å². The molecule has 18 heavy (non-hydrogen) atoms. The van der Waals surface area contributed by atoms with Crippen LogP contribution in [-0.4, -0.2) is 15.2 Å². The van der Waals surface area contributed by atoms with Gasteiger partial charge in [0.05, 0.1) is 6.54 Å². The highest BCUT2D eigenvalue weighted by Gasteiger charge is 2.04. The molecule has 0 atom stereocenters. The average Bonchev–Trinajstić information content (AvgIpc) is 2.32. The lowest BCUT2D eigenvalue weighted by molar-refractivity contribution is 0.464. The summed E-state index contributed by atoms with van der Waals surface area (Å²) >= 11 is 0. The molecule has 1 aromatic carbocycles. The normalized spacial score (nSPS) is 10.3. The number of hydrogen-bond donors (Lipinski definition) is 3. The SMILES string of the molecule is Cc1ccc(O)c(CNc2ccc(O)cc2C)n1. The molecule has 1 aromatic heterocycles. The molecule has 0 aliphatic heterocycles. The molecule has 0 aliphatic carbocycles. The van der Waals surface area contributed by atoms with Gasteiger partial charge in [0, 0.05) is 11.4 Å². The molecule has 94 valence electrons. The Morgan fingerprint density at radius 2 is 1.89 bits per heavy atom. The van der Waals surface area contributed by atoms with Gasteiger partial charge in [-0.3, -0.25) is 4.98 Å². The number of hydrogen-bond acceptors (Lipinski definition) is 4. The van der Waals surface area contributed by atoms with Crippen LogP contribution < -0.4 is 5.32 Å². The van der Waals surface area contributed by atoms with Crippen molar-refractivity contribution in [3.8, 4) is 11.5 Å². The number of aryl methyl sites for hydroxylation is 2. The molecule has 1 heterocycles. The van der Waals surface area contributed by atoms with Crippen LogP contribution >= 0.6 is 0 Å². The maximum absolute atomic E-state index is 9.68. The van der Waals surface area contributed by atoms with E-state index < -0.39 is 0 Å². The quantitative estimate of drug-likeness (QED) is 0.726. The number of aromatic nitrogens is 1. The van der Waals surface area contributed by atoms with Crippen molar-refractivity contribution >= 4 is 5.69 Å². The van der Waals surface area contributed by atoms with Crippen LogP contribution in [0.25, 0.3) is 0 Å². The highest BCUT2D eigenvalue weighted by molar-refractivity contribution is 5.53. The van der Waals surface area contributed by atoms with E-state index >= 15 is 0 Å². The van der Waals surface area contributed by atoms with Crippen LogP contribution in [0.5, 0.6) is 11.5 Å². The third-order valence-corrected chi connectivity index (χ3v) is 2.75. The van der Waals surface area contributed by atoms with Crippen LogP contribution in [0.3, 0.4) is 0 Å². The zero-order valence-corrected chi connectivity index (χ0v) is 10.4. The minimum atomic E-state index is 0.185. The summed E-state index contributed by atoms with van der Waals surface area (Å²) in [7, 11) is 0. The Bertz CT molecular complexity index is 568. The van der Waals surface area contributed by atoms with Crippen LogP contribution in [0.2, 0.25) is 0 Å². The summed E-state index contributed by atoms with van der Waals surface area (Å²) in [5.41, 5.74) is 3.34. The van der Waals surface area contributed by atoms with Gasteiger partial charge < -0.3 is 15.5 Å². The van der Waals surface area contributed by atoms with Gasteiger partial charge in [-0.25, -0.2) is 0 Å². The number of benzene rings is 1. The molecular weight excluding hydrogens is 228 g/mol. The van der Waals surface area contributed by atoms with Crippen molar-refractivity contribution in [3.63, 3.8) is 0 Å². The Kier molecular flexibility index (Phi) is 3.37. The predicted octanol–water partition coefficient (Wildman–Crippen LogP) is 2.72. The third kappa shape index (κ3) is 2.71. The maximum atomic E-state index is 9.68. The van der Waals surface area contributed by atoms with E-state index in [0.29, 0.717) is 12.2 Å². The molecule has 3 N–H and O–H groups in total. The van der Waals surface area contributed by atoms with Crippen molar-refractivity contribution in [2.24, 2.45) is 0 Å². The first-order valence-electron chi connectivity index (χ1n) is 5.75. The van der Waals surface area contributed by atoms with E-state index in [1.807, 2.05) is 13.8 Å². The number of aromatic hydroxyl groups is 2. The van der Waals surface area contributed by atoms with Gasteiger partial charge in [-0.05, 0) is 49.7 Å². The molecule has 0 saturated carbocycles. The highest BCUT2D eigenvalue weighted by Crippen LogP contribution is 2.22. The number of phenolic OH excluding ortho intramolecular Hbond substituents is 1. The number of rotatable bonds is 3. The van der Waals surface area contributed by atoms with Crippen molar-refractivity contribution in [1.29, 1.82) is 0 Å². The lowest BCUT2D eigenvalue weighted by atomic mass is 10.2. The van der Waals surface area contributed by atoms with Crippen LogP contribution in [0.1, 0.15) is 17.0 Å². The molecule has 0 aliphatic rings. The van der Waals surface area contributed by atoms with Gasteiger partial charge in [0.15, 0.2) is 0 Å². The second-order valence-corrected chi connectivity index (χ2v) is 4.27. The summed E-state index contributed by atoms with van der Waals surface area (Å²) in [4.78, 5) is 4.27. The van der Waals surface area contributed by atoms with E-state index in [1.165, 1.54) is 0 Å². The van der Waals surface area contributed by atoms with E-state index in [4.69, 9.17) is 0 Å². The Morgan fingerprint density at radius 3 is 2.61 bits per heavy atom. The molecule has 0 saturated heterocycles. The Hall–Kier alpha value is -2.23. The number of nitrogens with one attached hydrogen (secondary N) is 1. The standard InChI is InChI=1S/C14H16N2O2/c1-9-7-11(17)4-5-12(9)15-8-13-14(18)6-3-10(2)16-13/h3-7,15,17-18H,8H2,1-2H3. The predicted molar refractivity (Wildman–Crippen MR) is 70.8 cm³/mol. The summed E-state index contributed by atoms with van der Waals surface area (Å²) in [5.74, 6) is 0.430. The second kappa shape index (κ2) is 4.96. The fraction of sp³-hybridized carbons (Fsp3) is 0.214. The second-order valence-electron chi connectivity index (χ2n) is 4.27. The van der Waals surface area contributed by atoms with Crippen LogP contribution in [0.4, 0.5) is 5.69 Å². The smallest absolute Gasteiger partial charge is 0.138 e. The van der Waals surface area contributed by atoms with Crippen molar-refractivity contribution in [2.45, 2.75) is 20.4 Å². The van der Waals surface area contributed by atoms with Gasteiger partial charge in [0.1, 0.15) is 17.2 Å². The van der Waals surface area contributed by atoms with E-state index in [1.54, 1.807) is 30.3 Å². The Balaban J connectivity index is 2.13. The molecule has 4 nitrogen and oxygen atoms in total. The van der Waals surface area contributed by atoms with Crippen molar-refractivity contribution in [1.82, 2.24) is 4.98 Å². The first kappa shape index (κ1) is 12.2. The molecule has 2 rings (SSSR count). The Labute approximate surface area is 106 Å². The number of nitrogens with zero attached hydrogens (tertiary/aromatic N) is 1. The summed E-state index contributed by atoms with van der Waals surface area (Å²) in [6.07, 6.45) is 0. The fourth-order valence-corrected chi connectivity index (χ4v) is 1.76. The zero-order valence-electron chi connectivity index (χ0n) is 10.4. The van der Waals surface area contributed by atoms with E-state index in [9.17, 15) is 10.2 Å². The number of anilines is 1. The number of phenols is 1. The first-order chi connectivity index (χ1) is 8.56. The van der Waals surface area contributed by atoms with E-state index in [-0.39, 0.29) is 11.5 Å². The average molecular weight is 244 g/mol. The summed E-state index contributed by atoms with van der Waals surface area (Å²) in [5, 5.41) is 22.2. The summed E-state index contributed by atoms with van der Waals surface area (Å²) in [6.45, 7) is 4.24. The van der Waals surface area contributed by atoms with Crippen molar-refractivity contribution < 1.29 is 10.2 Å². The van der Waals surface area contributed by atoms with Gasteiger partial charge in [-0.1, -0.05) is 0 Å². The maximum Gasteiger partial charge on any atom is 0.138 e. The van der Waals surface area contributed by atoms with Gasteiger partial charge >= 0.3 is 0 Å². The molecule has 0 fully saturated rings. The van der Waals surface area contributed by atoms with Gasteiger partial charge in [0.25, 0.3) is 0 Å². The third-order valence-electron chi connectivity index (χ3n) is 2.75. The van der Waals surface area contributed by atoms with Crippen LogP contribution in [0, 0.1) is 13.8 Å². The zero-order chi connectivity index (χ0) is 13.1. The molecular formula is C14H16N2O2. The number of pyridine rings is 1. The topological polar surface area (TPSA) is 65.4 Å². The molecule has 0 amide bonds. The van der Waals surface area contributed by atoms with E-state index in [0.717, 1.165) is 16.9 Å². The highest BCUT2D eigenvalue weighted by atomic mass is 16.3. The van der Waals surface area contributed by atoms with Crippen LogP contribution in [0.15, 0.2) is 30.3 Å². The molecule has 2 aromatic rings. The fourth-order valence-electron chi connectivity index (χ4n) is 1.76. The molecule has 4 heteroatoms. The molecule has 0 spiro atoms. The van der Waals surface area contributed by atoms with Crippen LogP contribution in [-0.2, 0) is 6.54 Å². The molecule has 0 radical (unpaired) electrons. The van der Waals surface area contributed by atoms with Crippen molar-refractivity contribution in [2.75, 3.05) is 5.32 Å². The monoisotopic (exact) mass is 244 g/mol. The molecule has 0 unspecified atom stereocenters. The minimum absolute atomic E-state index is 0.185. The largest absolute Gasteiger partial charge is 0.508 e. The summed E-state index contributed by atoms with van der Waals surface area (Å²) in [6, 6.07) is 8.52. The minimum Gasteiger partial charge on any atom is -0.508 e. The lowest BCUT2D eigenvalue weighted by Gasteiger charge is -2.10. The Morgan fingerprint density at radius 1 is 1.11 bits per heavy atom. The summed E-state index contributed by atoms with van der Waals surface area (Å²) < 4.78 is 0. The lowest BCUT2D eigenvalue weighted by Crippen LogP contribution is -2.03. The first-order valence-corrected chi connectivity index (χ1v) is 5.75. The van der Waals surface area contributed by atoms with Gasteiger partial charge in [-0.2, -0.15) is 0 Å². The van der Waals surface area contributed by atoms with Gasteiger partial charge in [0.2, 0.25) is 0 Å². The van der Waals surface area contributed by atoms with E-state index in [2.05, 4.69) is 10.3 Å². The molecule has 0 bridgehead atoms.